The van der Waals surface area contributed by atoms with Crippen molar-refractivity contribution in [2.75, 3.05) is 23.8 Å². The van der Waals surface area contributed by atoms with Crippen LogP contribution in [0.4, 0.5) is 17.5 Å². The summed E-state index contributed by atoms with van der Waals surface area (Å²) in [6, 6.07) is 11.0. The lowest BCUT2D eigenvalue weighted by atomic mass is 9.91. The van der Waals surface area contributed by atoms with Gasteiger partial charge in [0.2, 0.25) is 5.95 Å². The molecule has 0 amide bonds. The fourth-order valence-corrected chi connectivity index (χ4v) is 4.02. The molecule has 1 aromatic carbocycles. The monoisotopic (exact) mass is 367 g/mol. The number of nitrogens with one attached hydrogen (secondary N) is 2. The molecule has 27 heavy (non-hydrogen) atoms. The van der Waals surface area contributed by atoms with Gasteiger partial charge in [-0.3, -0.25) is 0 Å². The van der Waals surface area contributed by atoms with Gasteiger partial charge >= 0.3 is 0 Å². The molecule has 2 atom stereocenters. The summed E-state index contributed by atoms with van der Waals surface area (Å²) in [6.45, 7) is 1.73. The molecule has 6 heteroatoms. The van der Waals surface area contributed by atoms with Crippen molar-refractivity contribution >= 4 is 17.5 Å². The Kier molecular flexibility index (Phi) is 5.84. The lowest BCUT2D eigenvalue weighted by Gasteiger charge is -2.29. The highest BCUT2D eigenvalue weighted by Gasteiger charge is 2.22. The first-order valence-electron chi connectivity index (χ1n) is 10.1. The lowest BCUT2D eigenvalue weighted by molar-refractivity contribution is 0.0853. The molecule has 4 rings (SSSR count). The average Bonchev–Trinajstić information content (AvgIpc) is 2.71. The fourth-order valence-electron chi connectivity index (χ4n) is 4.02. The van der Waals surface area contributed by atoms with Gasteiger partial charge in [0.15, 0.2) is 0 Å². The number of hydrogen-bond acceptors (Lipinski definition) is 6. The first kappa shape index (κ1) is 18.2. The van der Waals surface area contributed by atoms with Crippen LogP contribution in [0.15, 0.2) is 36.5 Å². The van der Waals surface area contributed by atoms with E-state index in [2.05, 4.69) is 44.9 Å². The zero-order valence-electron chi connectivity index (χ0n) is 15.7. The summed E-state index contributed by atoms with van der Waals surface area (Å²) in [6.07, 6.45) is 8.57. The molecule has 1 aliphatic heterocycles. The quantitative estimate of drug-likeness (QED) is 0.745. The number of hydrogen-bond donors (Lipinski definition) is 3. The Balaban J connectivity index is 1.39. The van der Waals surface area contributed by atoms with Gasteiger partial charge in [0, 0.05) is 37.2 Å². The Morgan fingerprint density at radius 3 is 2.52 bits per heavy atom. The summed E-state index contributed by atoms with van der Waals surface area (Å²) in [5, 5.41) is 6.79. The Labute approximate surface area is 160 Å². The van der Waals surface area contributed by atoms with E-state index >= 15 is 0 Å². The molecule has 0 radical (unpaired) electrons. The maximum Gasteiger partial charge on any atom is 0.224 e. The van der Waals surface area contributed by atoms with E-state index in [1.807, 2.05) is 6.07 Å². The second-order valence-electron chi connectivity index (χ2n) is 7.60. The van der Waals surface area contributed by atoms with Crippen molar-refractivity contribution in [1.29, 1.82) is 0 Å². The minimum absolute atomic E-state index is 0.177. The van der Waals surface area contributed by atoms with Crippen LogP contribution >= 0.6 is 0 Å². The molecule has 2 heterocycles. The second-order valence-corrected chi connectivity index (χ2v) is 7.60. The van der Waals surface area contributed by atoms with Gasteiger partial charge < -0.3 is 21.1 Å². The lowest BCUT2D eigenvalue weighted by Crippen LogP contribution is -2.42. The molecule has 144 valence electrons. The molecule has 2 aliphatic rings. The summed E-state index contributed by atoms with van der Waals surface area (Å²) >= 11 is 0. The number of aromatic nitrogens is 2. The van der Waals surface area contributed by atoms with Crippen LogP contribution in [0.25, 0.3) is 0 Å². The maximum absolute atomic E-state index is 6.22. The Morgan fingerprint density at radius 1 is 0.963 bits per heavy atom. The number of benzene rings is 1. The topological polar surface area (TPSA) is 85.1 Å². The standard InChI is InChI=1S/C21H29N5O/c22-18-3-1-2-4-19(18)25-21-23-12-9-20(26-21)24-17-7-5-15(6-8-17)16-10-13-27-14-11-16/h5-9,12,16,18-19H,1-4,10-11,13-14,22H2,(H2,23,24,25,26)/t18-,19+/m0/s1. The van der Waals surface area contributed by atoms with Crippen LogP contribution in [0, 0.1) is 0 Å². The summed E-state index contributed by atoms with van der Waals surface area (Å²) in [7, 11) is 0. The minimum atomic E-state index is 0.177. The summed E-state index contributed by atoms with van der Waals surface area (Å²) in [5.74, 6) is 2.04. The van der Waals surface area contributed by atoms with Crippen molar-refractivity contribution in [3.8, 4) is 0 Å². The Morgan fingerprint density at radius 2 is 1.74 bits per heavy atom. The van der Waals surface area contributed by atoms with Crippen molar-refractivity contribution in [2.45, 2.75) is 56.5 Å². The van der Waals surface area contributed by atoms with E-state index < -0.39 is 0 Å². The smallest absolute Gasteiger partial charge is 0.224 e. The molecular weight excluding hydrogens is 338 g/mol. The van der Waals surface area contributed by atoms with E-state index in [9.17, 15) is 0 Å². The number of ether oxygens (including phenoxy) is 1. The van der Waals surface area contributed by atoms with Gasteiger partial charge in [0.25, 0.3) is 0 Å². The zero-order chi connectivity index (χ0) is 18.5. The van der Waals surface area contributed by atoms with Crippen LogP contribution in [-0.4, -0.2) is 35.3 Å². The molecule has 1 aromatic heterocycles. The van der Waals surface area contributed by atoms with Gasteiger partial charge in [-0.1, -0.05) is 25.0 Å². The maximum atomic E-state index is 6.22. The number of nitrogens with two attached hydrogens (primary N) is 1. The van der Waals surface area contributed by atoms with Crippen LogP contribution in [0.2, 0.25) is 0 Å². The van der Waals surface area contributed by atoms with Gasteiger partial charge in [-0.2, -0.15) is 4.98 Å². The van der Waals surface area contributed by atoms with E-state index in [0.717, 1.165) is 50.4 Å². The molecule has 0 bridgehead atoms. The van der Waals surface area contributed by atoms with Crippen molar-refractivity contribution in [3.05, 3.63) is 42.1 Å². The van der Waals surface area contributed by atoms with Crippen LogP contribution in [0.3, 0.4) is 0 Å². The first-order chi connectivity index (χ1) is 13.3. The summed E-state index contributed by atoms with van der Waals surface area (Å²) in [5.41, 5.74) is 8.64. The molecule has 4 N–H and O–H groups in total. The molecule has 0 unspecified atom stereocenters. The van der Waals surface area contributed by atoms with Crippen molar-refractivity contribution in [1.82, 2.24) is 9.97 Å². The molecule has 2 fully saturated rings. The van der Waals surface area contributed by atoms with E-state index in [1.165, 1.54) is 18.4 Å². The number of rotatable bonds is 5. The van der Waals surface area contributed by atoms with Crippen molar-refractivity contribution in [3.63, 3.8) is 0 Å². The Hall–Kier alpha value is -2.18. The molecule has 0 spiro atoms. The largest absolute Gasteiger partial charge is 0.381 e. The van der Waals surface area contributed by atoms with Gasteiger partial charge in [-0.05, 0) is 55.4 Å². The average molecular weight is 367 g/mol. The minimum Gasteiger partial charge on any atom is -0.381 e. The van der Waals surface area contributed by atoms with Crippen LogP contribution < -0.4 is 16.4 Å². The van der Waals surface area contributed by atoms with Crippen molar-refractivity contribution in [2.24, 2.45) is 5.73 Å². The second kappa shape index (κ2) is 8.67. The third kappa shape index (κ3) is 4.76. The molecule has 2 aromatic rings. The number of anilines is 3. The SMILES string of the molecule is N[C@H]1CCCC[C@H]1Nc1nccc(Nc2ccc(C3CCOCC3)cc2)n1. The molecule has 1 saturated heterocycles. The van der Waals surface area contributed by atoms with Gasteiger partial charge in [-0.15, -0.1) is 0 Å². The Bertz CT molecular complexity index is 730. The molecular formula is C21H29N5O. The predicted molar refractivity (Wildman–Crippen MR) is 108 cm³/mol. The fraction of sp³-hybridized carbons (Fsp3) is 0.524. The third-order valence-corrected chi connectivity index (χ3v) is 5.67. The van der Waals surface area contributed by atoms with Gasteiger partial charge in [0.1, 0.15) is 5.82 Å². The van der Waals surface area contributed by atoms with E-state index in [0.29, 0.717) is 11.9 Å². The molecule has 1 aliphatic carbocycles. The van der Waals surface area contributed by atoms with Gasteiger partial charge in [0.05, 0.1) is 0 Å². The molecule has 1 saturated carbocycles. The number of nitrogens with zero attached hydrogens (tertiary/aromatic N) is 2. The third-order valence-electron chi connectivity index (χ3n) is 5.67. The van der Waals surface area contributed by atoms with Gasteiger partial charge in [-0.25, -0.2) is 4.98 Å². The highest BCUT2D eigenvalue weighted by molar-refractivity contribution is 5.57. The summed E-state index contributed by atoms with van der Waals surface area (Å²) in [4.78, 5) is 8.96. The van der Waals surface area contributed by atoms with Crippen LogP contribution in [0.5, 0.6) is 0 Å². The highest BCUT2D eigenvalue weighted by Crippen LogP contribution is 2.28. The normalized spacial score (nSPS) is 23.7. The zero-order valence-corrected chi connectivity index (χ0v) is 15.7. The highest BCUT2D eigenvalue weighted by atomic mass is 16.5. The predicted octanol–water partition coefficient (Wildman–Crippen LogP) is 3.80. The first-order valence-corrected chi connectivity index (χ1v) is 10.1. The van der Waals surface area contributed by atoms with E-state index in [-0.39, 0.29) is 12.1 Å². The van der Waals surface area contributed by atoms with E-state index in [4.69, 9.17) is 10.5 Å². The summed E-state index contributed by atoms with van der Waals surface area (Å²) < 4.78 is 5.46. The van der Waals surface area contributed by atoms with Crippen LogP contribution in [0.1, 0.15) is 50.0 Å². The van der Waals surface area contributed by atoms with Crippen molar-refractivity contribution < 1.29 is 4.74 Å². The molecule has 6 nitrogen and oxygen atoms in total. The van der Waals surface area contributed by atoms with Crippen LogP contribution in [-0.2, 0) is 4.74 Å². The van der Waals surface area contributed by atoms with E-state index in [1.54, 1.807) is 6.20 Å².